The first-order valence-corrected chi connectivity index (χ1v) is 11.4. The van der Waals surface area contributed by atoms with Crippen LogP contribution in [0.4, 0.5) is 0 Å². The number of nitrogens with zero attached hydrogens (tertiary/aromatic N) is 3. The van der Waals surface area contributed by atoms with E-state index in [1.54, 1.807) is 6.92 Å². The number of para-hydroxylation sites is 1. The zero-order valence-electron chi connectivity index (χ0n) is 17.9. The van der Waals surface area contributed by atoms with Crippen molar-refractivity contribution in [3.63, 3.8) is 0 Å². The van der Waals surface area contributed by atoms with E-state index in [4.69, 9.17) is 9.47 Å². The highest BCUT2D eigenvalue weighted by Crippen LogP contribution is 2.30. The van der Waals surface area contributed by atoms with Gasteiger partial charge in [0, 0.05) is 25.2 Å². The normalized spacial score (nSPS) is 16.1. The minimum absolute atomic E-state index is 0.169. The number of rotatable bonds is 6. The van der Waals surface area contributed by atoms with Gasteiger partial charge in [0.1, 0.15) is 41.3 Å². The minimum atomic E-state index is -1.12. The fourth-order valence-corrected chi connectivity index (χ4v) is 4.44. The molecule has 0 amide bonds. The third-order valence-corrected chi connectivity index (χ3v) is 6.29. The highest BCUT2D eigenvalue weighted by molar-refractivity contribution is 7.00. The van der Waals surface area contributed by atoms with Crippen LogP contribution in [0.3, 0.4) is 0 Å². The monoisotopic (exact) mass is 447 g/mol. The molecule has 1 aromatic heterocycles. The zero-order valence-corrected chi connectivity index (χ0v) is 18.7. The average Bonchev–Trinajstić information content (AvgIpc) is 3.17. The third kappa shape index (κ3) is 4.60. The molecule has 0 fully saturated rings. The molecular weight excluding hydrogens is 422 g/mol. The summed E-state index contributed by atoms with van der Waals surface area (Å²) in [6.07, 6.45) is 0. The van der Waals surface area contributed by atoms with Gasteiger partial charge in [0.2, 0.25) is 0 Å². The number of fused-ring (bicyclic) bond motifs is 2. The van der Waals surface area contributed by atoms with Crippen molar-refractivity contribution >= 4 is 22.8 Å². The molecule has 1 aliphatic rings. The Morgan fingerprint density at radius 3 is 2.78 bits per heavy atom. The second kappa shape index (κ2) is 8.86. The number of benzene rings is 3. The van der Waals surface area contributed by atoms with Crippen molar-refractivity contribution in [1.29, 1.82) is 0 Å². The van der Waals surface area contributed by atoms with Crippen molar-refractivity contribution < 1.29 is 14.6 Å². The molecule has 0 radical (unpaired) electrons. The predicted molar refractivity (Wildman–Crippen MR) is 125 cm³/mol. The molecule has 3 aromatic carbocycles. The summed E-state index contributed by atoms with van der Waals surface area (Å²) in [6.45, 7) is 4.94. The van der Waals surface area contributed by atoms with Crippen molar-refractivity contribution in [1.82, 2.24) is 13.6 Å². The van der Waals surface area contributed by atoms with E-state index in [0.29, 0.717) is 6.61 Å². The Balaban J connectivity index is 1.32. The second-order valence-electron chi connectivity index (χ2n) is 8.34. The molecule has 6 nitrogen and oxygen atoms in total. The van der Waals surface area contributed by atoms with E-state index in [2.05, 4.69) is 25.8 Å². The van der Waals surface area contributed by atoms with E-state index < -0.39 is 5.60 Å². The van der Waals surface area contributed by atoms with Crippen LogP contribution in [-0.4, -0.2) is 38.5 Å². The summed E-state index contributed by atoms with van der Waals surface area (Å²) >= 11 is 1.24. The lowest BCUT2D eigenvalue weighted by Gasteiger charge is -2.25. The van der Waals surface area contributed by atoms with Gasteiger partial charge in [0.05, 0.1) is 11.7 Å². The van der Waals surface area contributed by atoms with Gasteiger partial charge in [0.15, 0.2) is 0 Å². The van der Waals surface area contributed by atoms with Crippen molar-refractivity contribution in [2.75, 3.05) is 19.8 Å². The number of aliphatic hydroxyl groups is 1. The van der Waals surface area contributed by atoms with E-state index >= 15 is 0 Å². The van der Waals surface area contributed by atoms with E-state index in [0.717, 1.165) is 53.3 Å². The van der Waals surface area contributed by atoms with Crippen LogP contribution in [0.1, 0.15) is 23.6 Å². The van der Waals surface area contributed by atoms with Gasteiger partial charge < -0.3 is 14.6 Å². The quantitative estimate of drug-likeness (QED) is 0.473. The van der Waals surface area contributed by atoms with Gasteiger partial charge in [-0.1, -0.05) is 30.3 Å². The highest BCUT2D eigenvalue weighted by atomic mass is 32.1. The lowest BCUT2D eigenvalue weighted by molar-refractivity contribution is 0.00748. The molecule has 5 rings (SSSR count). The van der Waals surface area contributed by atoms with Crippen LogP contribution >= 0.6 is 11.7 Å². The van der Waals surface area contributed by atoms with Crippen LogP contribution in [0, 0.1) is 0 Å². The zero-order chi connectivity index (χ0) is 22.0. The second-order valence-corrected chi connectivity index (χ2v) is 8.87. The molecule has 4 aromatic rings. The summed E-state index contributed by atoms with van der Waals surface area (Å²) in [5.74, 6) is 1.61. The van der Waals surface area contributed by atoms with Crippen LogP contribution in [0.25, 0.3) is 11.0 Å². The molecule has 0 bridgehead atoms. The van der Waals surface area contributed by atoms with Crippen LogP contribution in [-0.2, 0) is 18.7 Å². The number of aromatic nitrogens is 2. The first-order chi connectivity index (χ1) is 15.6. The Labute approximate surface area is 191 Å². The molecule has 32 heavy (non-hydrogen) atoms. The Bertz CT molecular complexity index is 1210. The van der Waals surface area contributed by atoms with Crippen molar-refractivity contribution in [3.05, 3.63) is 83.4 Å². The molecule has 1 N–H and O–H groups in total. The summed E-state index contributed by atoms with van der Waals surface area (Å²) < 4.78 is 20.5. The first kappa shape index (κ1) is 20.9. The Morgan fingerprint density at radius 2 is 1.91 bits per heavy atom. The molecule has 0 aliphatic carbocycles. The Kier molecular flexibility index (Phi) is 5.78. The molecule has 0 saturated heterocycles. The fraction of sp³-hybridized carbons (Fsp3) is 0.280. The van der Waals surface area contributed by atoms with Crippen molar-refractivity contribution in [2.45, 2.75) is 25.6 Å². The highest BCUT2D eigenvalue weighted by Gasteiger charge is 2.26. The summed E-state index contributed by atoms with van der Waals surface area (Å²) in [4.78, 5) is 2.35. The van der Waals surface area contributed by atoms with Gasteiger partial charge in [-0.15, -0.1) is 0 Å². The van der Waals surface area contributed by atoms with E-state index in [1.165, 1.54) is 17.3 Å². The molecule has 164 valence electrons. The van der Waals surface area contributed by atoms with E-state index in [9.17, 15) is 5.11 Å². The van der Waals surface area contributed by atoms with Gasteiger partial charge >= 0.3 is 0 Å². The maximum absolute atomic E-state index is 11.1. The average molecular weight is 448 g/mol. The van der Waals surface area contributed by atoms with Crippen molar-refractivity contribution in [2.24, 2.45) is 0 Å². The maximum Gasteiger partial charge on any atom is 0.123 e. The molecule has 0 saturated carbocycles. The molecule has 7 heteroatoms. The Hall–Kier alpha value is -3.00. The SMILES string of the molecule is CC(O)(COc1ccccc1)c1ccc2c(c1)CN(Cc1ccc3nsnc3c1)CCO2. The molecule has 2 heterocycles. The number of hydrogen-bond acceptors (Lipinski definition) is 7. The molecule has 1 aliphatic heterocycles. The number of hydrogen-bond donors (Lipinski definition) is 1. The fourth-order valence-electron chi connectivity index (χ4n) is 3.93. The van der Waals surface area contributed by atoms with Gasteiger partial charge in [-0.3, -0.25) is 4.90 Å². The van der Waals surface area contributed by atoms with Crippen LogP contribution < -0.4 is 9.47 Å². The van der Waals surface area contributed by atoms with E-state index in [1.807, 2.05) is 54.6 Å². The van der Waals surface area contributed by atoms with Gasteiger partial charge in [-0.2, -0.15) is 8.75 Å². The molecule has 0 spiro atoms. The molecule has 1 atom stereocenters. The molecule has 1 unspecified atom stereocenters. The van der Waals surface area contributed by atoms with E-state index in [-0.39, 0.29) is 6.61 Å². The topological polar surface area (TPSA) is 67.7 Å². The van der Waals surface area contributed by atoms with Crippen LogP contribution in [0.15, 0.2) is 66.7 Å². The minimum Gasteiger partial charge on any atom is -0.492 e. The molecular formula is C25H25N3O3S. The van der Waals surface area contributed by atoms with Crippen LogP contribution in [0.2, 0.25) is 0 Å². The smallest absolute Gasteiger partial charge is 0.123 e. The van der Waals surface area contributed by atoms with Gasteiger partial charge in [-0.05, 0) is 54.4 Å². The van der Waals surface area contributed by atoms with Gasteiger partial charge in [-0.25, -0.2) is 0 Å². The lowest BCUT2D eigenvalue weighted by atomic mass is 9.94. The van der Waals surface area contributed by atoms with Crippen molar-refractivity contribution in [3.8, 4) is 11.5 Å². The van der Waals surface area contributed by atoms with Gasteiger partial charge in [0.25, 0.3) is 0 Å². The predicted octanol–water partition coefficient (Wildman–Crippen LogP) is 4.37. The standard InChI is InChI=1S/C25H25N3O3S/c1-25(29,17-31-21-5-3-2-4-6-21)20-8-10-24-19(14-20)16-28(11-12-30-24)15-18-7-9-22-23(13-18)27-32-26-22/h2-10,13-14,29H,11-12,15-17H2,1H3. The summed E-state index contributed by atoms with van der Waals surface area (Å²) in [5, 5.41) is 11.1. The summed E-state index contributed by atoms with van der Waals surface area (Å²) in [7, 11) is 0. The third-order valence-electron chi connectivity index (χ3n) is 5.73. The maximum atomic E-state index is 11.1. The lowest BCUT2D eigenvalue weighted by Crippen LogP contribution is -2.30. The Morgan fingerprint density at radius 1 is 1.06 bits per heavy atom. The summed E-state index contributed by atoms with van der Waals surface area (Å²) in [6, 6.07) is 21.7. The number of ether oxygens (including phenoxy) is 2. The summed E-state index contributed by atoms with van der Waals surface area (Å²) in [5.41, 5.74) is 3.84. The van der Waals surface area contributed by atoms with Crippen LogP contribution in [0.5, 0.6) is 11.5 Å². The largest absolute Gasteiger partial charge is 0.492 e. The first-order valence-electron chi connectivity index (χ1n) is 10.7.